The zero-order chi connectivity index (χ0) is 24.6. The summed E-state index contributed by atoms with van der Waals surface area (Å²) >= 11 is 0. The summed E-state index contributed by atoms with van der Waals surface area (Å²) in [6.45, 7) is 2.91. The number of ether oxygens (including phenoxy) is 2. The van der Waals surface area contributed by atoms with Crippen molar-refractivity contribution in [2.24, 2.45) is 0 Å². The third-order valence-corrected chi connectivity index (χ3v) is 6.43. The molecule has 8 heteroatoms. The average Bonchev–Trinajstić information content (AvgIpc) is 2.85. The number of anilines is 1. The molecule has 0 saturated carbocycles. The van der Waals surface area contributed by atoms with Gasteiger partial charge in [0, 0.05) is 5.56 Å². The Morgan fingerprint density at radius 1 is 0.882 bits per heavy atom. The van der Waals surface area contributed by atoms with Crippen molar-refractivity contribution >= 4 is 21.6 Å². The van der Waals surface area contributed by atoms with E-state index in [9.17, 15) is 13.2 Å². The maximum absolute atomic E-state index is 12.4. The Kier molecular flexibility index (Phi) is 8.54. The molecule has 0 aromatic heterocycles. The number of carbonyl (C=O) groups is 1. The van der Waals surface area contributed by atoms with Gasteiger partial charge in [-0.3, -0.25) is 9.10 Å². The molecule has 3 aromatic carbocycles. The van der Waals surface area contributed by atoms with E-state index < -0.39 is 10.0 Å². The Morgan fingerprint density at radius 2 is 1.47 bits per heavy atom. The summed E-state index contributed by atoms with van der Waals surface area (Å²) in [5.74, 6) is 1.22. The summed E-state index contributed by atoms with van der Waals surface area (Å²) in [5, 5.41) is 2.82. The second-order valence-corrected chi connectivity index (χ2v) is 9.67. The smallest absolute Gasteiger partial charge is 0.251 e. The topological polar surface area (TPSA) is 84.9 Å². The fraction of sp³-hybridized carbons (Fsp3) is 0.269. The Labute approximate surface area is 201 Å². The van der Waals surface area contributed by atoms with Gasteiger partial charge in [0.25, 0.3) is 5.91 Å². The van der Waals surface area contributed by atoms with Crippen LogP contribution in [0.2, 0.25) is 0 Å². The normalized spacial score (nSPS) is 11.0. The molecular formula is C26H30N2O5S. The van der Waals surface area contributed by atoms with Crippen LogP contribution in [-0.4, -0.2) is 40.8 Å². The van der Waals surface area contributed by atoms with E-state index in [1.54, 1.807) is 55.6 Å². The molecule has 180 valence electrons. The lowest BCUT2D eigenvalue weighted by Crippen LogP contribution is -2.29. The lowest BCUT2D eigenvalue weighted by Gasteiger charge is -2.23. The Bertz CT molecular complexity index is 1180. The molecule has 0 aliphatic rings. The van der Waals surface area contributed by atoms with E-state index in [4.69, 9.17) is 9.47 Å². The first-order valence-electron chi connectivity index (χ1n) is 11.0. The lowest BCUT2D eigenvalue weighted by atomic mass is 10.1. The molecule has 0 unspecified atom stereocenters. The fourth-order valence-electron chi connectivity index (χ4n) is 3.33. The Hall–Kier alpha value is -3.52. The van der Waals surface area contributed by atoms with Gasteiger partial charge in [0.15, 0.2) is 0 Å². The van der Waals surface area contributed by atoms with E-state index in [1.807, 2.05) is 24.3 Å². The molecule has 0 fully saturated rings. The van der Waals surface area contributed by atoms with Gasteiger partial charge in [-0.1, -0.05) is 31.2 Å². The molecule has 0 heterocycles. The zero-order valence-corrected chi connectivity index (χ0v) is 20.5. The first-order valence-corrected chi connectivity index (χ1v) is 12.9. The summed E-state index contributed by atoms with van der Waals surface area (Å²) in [6.07, 6.45) is 2.08. The van der Waals surface area contributed by atoms with Gasteiger partial charge in [-0.15, -0.1) is 0 Å². The van der Waals surface area contributed by atoms with Gasteiger partial charge < -0.3 is 14.8 Å². The minimum Gasteiger partial charge on any atom is -0.497 e. The van der Waals surface area contributed by atoms with Crippen molar-refractivity contribution in [2.45, 2.75) is 19.9 Å². The fourth-order valence-corrected chi connectivity index (χ4v) is 4.22. The minimum atomic E-state index is -3.47. The first kappa shape index (κ1) is 25.1. The van der Waals surface area contributed by atoms with E-state index in [1.165, 1.54) is 10.6 Å². The number of hydrogen-bond acceptors (Lipinski definition) is 5. The van der Waals surface area contributed by atoms with Crippen LogP contribution in [0.25, 0.3) is 0 Å². The predicted octanol–water partition coefficient (Wildman–Crippen LogP) is 4.03. The summed E-state index contributed by atoms with van der Waals surface area (Å²) in [6, 6.07) is 21.6. The molecular weight excluding hydrogens is 452 g/mol. The molecule has 0 atom stereocenters. The maximum atomic E-state index is 12.4. The second kappa shape index (κ2) is 11.6. The highest BCUT2D eigenvalue weighted by Crippen LogP contribution is 2.22. The van der Waals surface area contributed by atoms with Crippen LogP contribution in [0.3, 0.4) is 0 Å². The number of nitrogens with one attached hydrogen (secondary N) is 1. The van der Waals surface area contributed by atoms with Gasteiger partial charge in [-0.25, -0.2) is 8.42 Å². The zero-order valence-electron chi connectivity index (χ0n) is 19.7. The monoisotopic (exact) mass is 482 g/mol. The van der Waals surface area contributed by atoms with Crippen molar-refractivity contribution < 1.29 is 22.7 Å². The molecule has 3 rings (SSSR count). The number of benzene rings is 3. The van der Waals surface area contributed by atoms with Crippen LogP contribution < -0.4 is 19.1 Å². The third kappa shape index (κ3) is 6.99. The van der Waals surface area contributed by atoms with E-state index in [0.717, 1.165) is 23.3 Å². The van der Waals surface area contributed by atoms with Gasteiger partial charge in [0.1, 0.15) is 18.1 Å². The second-order valence-electron chi connectivity index (χ2n) is 7.77. The van der Waals surface area contributed by atoms with Crippen molar-refractivity contribution in [3.63, 3.8) is 0 Å². The maximum Gasteiger partial charge on any atom is 0.251 e. The van der Waals surface area contributed by atoms with Gasteiger partial charge in [-0.05, 0) is 66.1 Å². The molecule has 0 saturated heterocycles. The number of sulfonamides is 1. The Morgan fingerprint density at radius 3 is 2.03 bits per heavy atom. The molecule has 0 radical (unpaired) electrons. The quantitative estimate of drug-likeness (QED) is 0.417. The van der Waals surface area contributed by atoms with E-state index >= 15 is 0 Å². The molecule has 3 aromatic rings. The molecule has 0 aliphatic heterocycles. The summed E-state index contributed by atoms with van der Waals surface area (Å²) in [5.41, 5.74) is 3.02. The SMILES string of the molecule is CCc1ccc(N(Cc2ccc(C(=O)NCCOc3ccc(OC)cc3)cc2)S(C)(=O)=O)cc1. The number of nitrogens with zero attached hydrogens (tertiary/aromatic N) is 1. The van der Waals surface area contributed by atoms with Crippen LogP contribution in [0.1, 0.15) is 28.4 Å². The highest BCUT2D eigenvalue weighted by molar-refractivity contribution is 7.92. The highest BCUT2D eigenvalue weighted by atomic mass is 32.2. The Balaban J connectivity index is 1.55. The molecule has 1 amide bonds. The highest BCUT2D eigenvalue weighted by Gasteiger charge is 2.18. The molecule has 0 spiro atoms. The molecule has 1 N–H and O–H groups in total. The van der Waals surface area contributed by atoms with Crippen molar-refractivity contribution in [1.29, 1.82) is 0 Å². The standard InChI is InChI=1S/C26H30N2O5S/c1-4-20-7-11-23(12-8-20)28(34(3,30)31)19-21-5-9-22(10-6-21)26(29)27-17-18-33-25-15-13-24(32-2)14-16-25/h5-16H,4,17-19H2,1-3H3,(H,27,29). The van der Waals surface area contributed by atoms with Crippen LogP contribution in [-0.2, 0) is 23.0 Å². The number of carbonyl (C=O) groups excluding carboxylic acids is 1. The molecule has 0 bridgehead atoms. The van der Waals surface area contributed by atoms with Gasteiger partial charge in [-0.2, -0.15) is 0 Å². The van der Waals surface area contributed by atoms with Crippen LogP contribution >= 0.6 is 0 Å². The van der Waals surface area contributed by atoms with Gasteiger partial charge in [0.05, 0.1) is 32.1 Å². The predicted molar refractivity (Wildman–Crippen MR) is 134 cm³/mol. The van der Waals surface area contributed by atoms with Crippen molar-refractivity contribution in [1.82, 2.24) is 5.32 Å². The summed E-state index contributed by atoms with van der Waals surface area (Å²) in [7, 11) is -1.87. The minimum absolute atomic E-state index is 0.182. The van der Waals surface area contributed by atoms with Gasteiger partial charge in [0.2, 0.25) is 10.0 Å². The number of aryl methyl sites for hydroxylation is 1. The number of amides is 1. The van der Waals surface area contributed by atoms with Crippen molar-refractivity contribution in [3.8, 4) is 11.5 Å². The summed E-state index contributed by atoms with van der Waals surface area (Å²) < 4.78 is 36.9. The number of hydrogen-bond donors (Lipinski definition) is 1. The lowest BCUT2D eigenvalue weighted by molar-refractivity contribution is 0.0947. The largest absolute Gasteiger partial charge is 0.497 e. The van der Waals surface area contributed by atoms with E-state index in [-0.39, 0.29) is 12.5 Å². The van der Waals surface area contributed by atoms with Crippen LogP contribution in [0, 0.1) is 0 Å². The van der Waals surface area contributed by atoms with Gasteiger partial charge >= 0.3 is 0 Å². The van der Waals surface area contributed by atoms with Crippen LogP contribution in [0.4, 0.5) is 5.69 Å². The molecule has 34 heavy (non-hydrogen) atoms. The first-order chi connectivity index (χ1) is 16.3. The van der Waals surface area contributed by atoms with Crippen molar-refractivity contribution in [3.05, 3.63) is 89.5 Å². The molecule has 7 nitrogen and oxygen atoms in total. The summed E-state index contributed by atoms with van der Waals surface area (Å²) in [4.78, 5) is 12.4. The van der Waals surface area contributed by atoms with E-state index in [0.29, 0.717) is 30.2 Å². The van der Waals surface area contributed by atoms with Crippen LogP contribution in [0.5, 0.6) is 11.5 Å². The number of methoxy groups -OCH3 is 1. The van der Waals surface area contributed by atoms with Crippen molar-refractivity contribution in [2.75, 3.05) is 30.8 Å². The number of rotatable bonds is 11. The average molecular weight is 483 g/mol. The molecule has 0 aliphatic carbocycles. The van der Waals surface area contributed by atoms with Crippen LogP contribution in [0.15, 0.2) is 72.8 Å². The van der Waals surface area contributed by atoms with E-state index in [2.05, 4.69) is 12.2 Å². The third-order valence-electron chi connectivity index (χ3n) is 5.29.